The minimum atomic E-state index is 0.866. The Bertz CT molecular complexity index is 138. The Morgan fingerprint density at radius 3 is 2.00 bits per heavy atom. The summed E-state index contributed by atoms with van der Waals surface area (Å²) in [6, 6.07) is 0. The van der Waals surface area contributed by atoms with E-state index in [-0.39, 0.29) is 0 Å². The molecule has 0 rings (SSSR count). The SMILES string of the molecule is CCCCCC[N+](C)(C)CCCC(C)C. The smallest absolute Gasteiger partial charge is 0.0782 e. The predicted molar refractivity (Wildman–Crippen MR) is 70.1 cm³/mol. The van der Waals surface area contributed by atoms with E-state index in [0.717, 1.165) is 5.92 Å². The lowest BCUT2D eigenvalue weighted by molar-refractivity contribution is -0.890. The second-order valence-corrected chi connectivity index (χ2v) is 5.98. The van der Waals surface area contributed by atoms with Crippen molar-refractivity contribution in [2.24, 2.45) is 5.92 Å². The van der Waals surface area contributed by atoms with Crippen LogP contribution in [0.15, 0.2) is 0 Å². The summed E-state index contributed by atoms with van der Waals surface area (Å²) in [6.45, 7) is 9.63. The van der Waals surface area contributed by atoms with Crippen molar-refractivity contribution in [3.05, 3.63) is 0 Å². The van der Waals surface area contributed by atoms with E-state index in [4.69, 9.17) is 0 Å². The first-order valence-electron chi connectivity index (χ1n) is 6.80. The lowest BCUT2D eigenvalue weighted by Crippen LogP contribution is -2.41. The van der Waals surface area contributed by atoms with Crippen LogP contribution in [0.4, 0.5) is 0 Å². The van der Waals surface area contributed by atoms with Crippen molar-refractivity contribution >= 4 is 0 Å². The highest BCUT2D eigenvalue weighted by atomic mass is 15.3. The van der Waals surface area contributed by atoms with Crippen LogP contribution in [0, 0.1) is 5.92 Å². The van der Waals surface area contributed by atoms with Gasteiger partial charge in [0.05, 0.1) is 27.2 Å². The lowest BCUT2D eigenvalue weighted by atomic mass is 10.1. The molecule has 92 valence electrons. The summed E-state index contributed by atoms with van der Waals surface area (Å²) in [5.41, 5.74) is 0. The first-order chi connectivity index (χ1) is 6.98. The van der Waals surface area contributed by atoms with Gasteiger partial charge in [-0.15, -0.1) is 0 Å². The van der Waals surface area contributed by atoms with Crippen molar-refractivity contribution in [3.63, 3.8) is 0 Å². The molecule has 0 aromatic heterocycles. The maximum absolute atomic E-state index is 2.38. The van der Waals surface area contributed by atoms with Crippen LogP contribution in [0.1, 0.15) is 59.3 Å². The molecule has 0 spiro atoms. The normalized spacial score (nSPS) is 12.4. The highest BCUT2D eigenvalue weighted by molar-refractivity contribution is 4.46. The van der Waals surface area contributed by atoms with Crippen molar-refractivity contribution in [1.29, 1.82) is 0 Å². The quantitative estimate of drug-likeness (QED) is 0.401. The Labute approximate surface area is 97.5 Å². The molecule has 0 aliphatic heterocycles. The summed E-state index contributed by atoms with van der Waals surface area (Å²) >= 11 is 0. The van der Waals surface area contributed by atoms with Crippen molar-refractivity contribution in [2.45, 2.75) is 59.3 Å². The predicted octanol–water partition coefficient (Wildman–Crippen LogP) is 4.08. The third kappa shape index (κ3) is 10.2. The molecule has 0 fully saturated rings. The monoisotopic (exact) mass is 214 g/mol. The van der Waals surface area contributed by atoms with E-state index in [1.165, 1.54) is 56.1 Å². The molecule has 0 aliphatic rings. The molecule has 0 saturated carbocycles. The number of rotatable bonds is 9. The maximum Gasteiger partial charge on any atom is 0.0782 e. The summed E-state index contributed by atoms with van der Waals surface area (Å²) in [5, 5.41) is 0. The first kappa shape index (κ1) is 15.0. The minimum absolute atomic E-state index is 0.866. The Morgan fingerprint density at radius 2 is 1.47 bits per heavy atom. The van der Waals surface area contributed by atoms with Crippen molar-refractivity contribution in [3.8, 4) is 0 Å². The van der Waals surface area contributed by atoms with Crippen LogP contribution in [0.2, 0.25) is 0 Å². The highest BCUT2D eigenvalue weighted by Crippen LogP contribution is 2.10. The Balaban J connectivity index is 3.48. The van der Waals surface area contributed by atoms with Gasteiger partial charge in [0.15, 0.2) is 0 Å². The summed E-state index contributed by atoms with van der Waals surface area (Å²) in [7, 11) is 4.76. The molecule has 0 aromatic carbocycles. The zero-order valence-corrected chi connectivity index (χ0v) is 11.7. The molecule has 0 aliphatic carbocycles. The molecule has 0 heterocycles. The van der Waals surface area contributed by atoms with Crippen molar-refractivity contribution in [1.82, 2.24) is 0 Å². The number of nitrogens with zero attached hydrogens (tertiary/aromatic N) is 1. The van der Waals surface area contributed by atoms with Gasteiger partial charge in [-0.1, -0.05) is 33.6 Å². The number of hydrogen-bond donors (Lipinski definition) is 0. The van der Waals surface area contributed by atoms with Gasteiger partial charge in [0.1, 0.15) is 0 Å². The van der Waals surface area contributed by atoms with Gasteiger partial charge in [0.2, 0.25) is 0 Å². The standard InChI is InChI=1S/C14H32N/c1-6-7-8-9-12-15(4,5)13-10-11-14(2)3/h14H,6-13H2,1-5H3/q+1. The molecule has 0 radical (unpaired) electrons. The molecule has 1 heteroatoms. The summed E-state index contributed by atoms with van der Waals surface area (Å²) < 4.78 is 1.22. The van der Waals surface area contributed by atoms with E-state index < -0.39 is 0 Å². The van der Waals surface area contributed by atoms with Gasteiger partial charge in [-0.25, -0.2) is 0 Å². The van der Waals surface area contributed by atoms with Gasteiger partial charge < -0.3 is 4.48 Å². The zero-order chi connectivity index (χ0) is 11.7. The highest BCUT2D eigenvalue weighted by Gasteiger charge is 2.13. The summed E-state index contributed by atoms with van der Waals surface area (Å²) in [5.74, 6) is 0.866. The molecular weight excluding hydrogens is 182 g/mol. The topological polar surface area (TPSA) is 0 Å². The zero-order valence-electron chi connectivity index (χ0n) is 11.7. The van der Waals surface area contributed by atoms with E-state index >= 15 is 0 Å². The van der Waals surface area contributed by atoms with Crippen molar-refractivity contribution < 1.29 is 4.48 Å². The lowest BCUT2D eigenvalue weighted by Gasteiger charge is -2.30. The van der Waals surface area contributed by atoms with Gasteiger partial charge in [-0.05, 0) is 31.6 Å². The second kappa shape index (κ2) is 8.15. The third-order valence-corrected chi connectivity index (χ3v) is 3.16. The van der Waals surface area contributed by atoms with Gasteiger partial charge in [0, 0.05) is 0 Å². The molecule has 0 N–H and O–H groups in total. The van der Waals surface area contributed by atoms with E-state index in [0.29, 0.717) is 0 Å². The van der Waals surface area contributed by atoms with Crippen LogP contribution in [-0.4, -0.2) is 31.7 Å². The fourth-order valence-electron chi connectivity index (χ4n) is 2.01. The first-order valence-corrected chi connectivity index (χ1v) is 6.80. The molecular formula is C14H32N+. The van der Waals surface area contributed by atoms with Crippen LogP contribution in [0.25, 0.3) is 0 Å². The number of hydrogen-bond acceptors (Lipinski definition) is 0. The fraction of sp³-hybridized carbons (Fsp3) is 1.00. The average molecular weight is 214 g/mol. The molecule has 0 saturated heterocycles. The molecule has 0 bridgehead atoms. The van der Waals surface area contributed by atoms with Crippen LogP contribution in [0.3, 0.4) is 0 Å². The summed E-state index contributed by atoms with van der Waals surface area (Å²) in [4.78, 5) is 0. The molecule has 0 atom stereocenters. The molecule has 1 nitrogen and oxygen atoms in total. The van der Waals surface area contributed by atoms with Crippen LogP contribution < -0.4 is 0 Å². The fourth-order valence-corrected chi connectivity index (χ4v) is 2.01. The van der Waals surface area contributed by atoms with Gasteiger partial charge in [-0.3, -0.25) is 0 Å². The van der Waals surface area contributed by atoms with Gasteiger partial charge in [0.25, 0.3) is 0 Å². The van der Waals surface area contributed by atoms with E-state index in [1.807, 2.05) is 0 Å². The molecule has 0 amide bonds. The van der Waals surface area contributed by atoms with Gasteiger partial charge in [-0.2, -0.15) is 0 Å². The van der Waals surface area contributed by atoms with Crippen LogP contribution in [-0.2, 0) is 0 Å². The maximum atomic E-state index is 2.38. The Morgan fingerprint density at radius 1 is 0.867 bits per heavy atom. The molecule has 15 heavy (non-hydrogen) atoms. The van der Waals surface area contributed by atoms with Crippen LogP contribution in [0.5, 0.6) is 0 Å². The van der Waals surface area contributed by atoms with E-state index in [9.17, 15) is 0 Å². The Hall–Kier alpha value is -0.0400. The molecule has 0 aromatic rings. The third-order valence-electron chi connectivity index (χ3n) is 3.16. The van der Waals surface area contributed by atoms with E-state index in [1.54, 1.807) is 0 Å². The van der Waals surface area contributed by atoms with E-state index in [2.05, 4.69) is 34.9 Å². The van der Waals surface area contributed by atoms with Gasteiger partial charge >= 0.3 is 0 Å². The minimum Gasteiger partial charge on any atom is -0.328 e. The number of unbranched alkanes of at least 4 members (excludes halogenated alkanes) is 3. The summed E-state index contributed by atoms with van der Waals surface area (Å²) in [6.07, 6.45) is 8.35. The average Bonchev–Trinajstić information content (AvgIpc) is 2.11. The Kier molecular flexibility index (Phi) is 8.13. The second-order valence-electron chi connectivity index (χ2n) is 5.98. The molecule has 0 unspecified atom stereocenters. The van der Waals surface area contributed by atoms with Crippen molar-refractivity contribution in [2.75, 3.05) is 27.2 Å². The van der Waals surface area contributed by atoms with Crippen LogP contribution >= 0.6 is 0 Å². The largest absolute Gasteiger partial charge is 0.328 e. The number of quaternary nitrogens is 1.